The summed E-state index contributed by atoms with van der Waals surface area (Å²) in [5, 5.41) is 24.9. The van der Waals surface area contributed by atoms with Gasteiger partial charge in [-0.1, -0.05) is 36.4 Å². The van der Waals surface area contributed by atoms with Gasteiger partial charge in [0.15, 0.2) is 0 Å². The molecule has 4 aromatic rings. The lowest BCUT2D eigenvalue weighted by molar-refractivity contribution is -0.384. The van der Waals surface area contributed by atoms with Crippen LogP contribution in [0.1, 0.15) is 31.5 Å². The van der Waals surface area contributed by atoms with Gasteiger partial charge in [-0.05, 0) is 60.2 Å². The summed E-state index contributed by atoms with van der Waals surface area (Å²) in [7, 11) is 0. The van der Waals surface area contributed by atoms with Gasteiger partial charge in [0.25, 0.3) is 11.6 Å². The maximum Gasteiger partial charge on any atom is 0.335 e. The van der Waals surface area contributed by atoms with E-state index >= 15 is 0 Å². The standard InChI is InChI=1S/C28H21N3O6S/c32-26(19-11-15-23(16-12-19)31(36)37)30-22-7-4-8-24(17-22)38-25(18-5-2-1-3-6-18)27(33)29-21-13-9-20(10-14-21)28(34)35/h1-17,25H,(H,29,33)(H,30,32)(H,34,35). The molecule has 9 nitrogen and oxygen atoms in total. The number of nitro groups is 1. The number of carboxylic acid groups (broad SMARTS) is 1. The fourth-order valence-corrected chi connectivity index (χ4v) is 4.61. The van der Waals surface area contributed by atoms with Crippen molar-refractivity contribution in [2.75, 3.05) is 10.6 Å². The molecule has 0 saturated heterocycles. The summed E-state index contributed by atoms with van der Waals surface area (Å²) in [5.41, 5.74) is 2.00. The van der Waals surface area contributed by atoms with Crippen molar-refractivity contribution in [3.8, 4) is 0 Å². The van der Waals surface area contributed by atoms with Gasteiger partial charge in [0.1, 0.15) is 5.25 Å². The zero-order valence-corrected chi connectivity index (χ0v) is 20.6. The number of hydrogen-bond donors (Lipinski definition) is 3. The molecule has 0 heterocycles. The first-order chi connectivity index (χ1) is 18.3. The van der Waals surface area contributed by atoms with Crippen LogP contribution in [0.3, 0.4) is 0 Å². The van der Waals surface area contributed by atoms with Gasteiger partial charge in [-0.3, -0.25) is 19.7 Å². The number of aromatic carboxylic acids is 1. The van der Waals surface area contributed by atoms with Crippen LogP contribution in [0.4, 0.5) is 17.1 Å². The molecule has 3 N–H and O–H groups in total. The van der Waals surface area contributed by atoms with Crippen molar-refractivity contribution < 1.29 is 24.4 Å². The predicted octanol–water partition coefficient (Wildman–Crippen LogP) is 6.02. The topological polar surface area (TPSA) is 139 Å². The van der Waals surface area contributed by atoms with Gasteiger partial charge < -0.3 is 15.7 Å². The summed E-state index contributed by atoms with van der Waals surface area (Å²) in [5.74, 6) is -1.78. The lowest BCUT2D eigenvalue weighted by atomic mass is 10.1. The highest BCUT2D eigenvalue weighted by Gasteiger charge is 2.23. The SMILES string of the molecule is O=C(O)c1ccc(NC(=O)C(Sc2cccc(NC(=O)c3ccc([N+](=O)[O-])cc3)c2)c2ccccc2)cc1. The molecule has 38 heavy (non-hydrogen) atoms. The molecule has 0 radical (unpaired) electrons. The molecule has 0 fully saturated rings. The smallest absolute Gasteiger partial charge is 0.335 e. The van der Waals surface area contributed by atoms with E-state index in [0.717, 1.165) is 10.5 Å². The first-order valence-corrected chi connectivity index (χ1v) is 12.2. The second kappa shape index (κ2) is 11.8. The van der Waals surface area contributed by atoms with E-state index in [9.17, 15) is 24.5 Å². The molecule has 0 spiro atoms. The Morgan fingerprint density at radius 2 is 1.42 bits per heavy atom. The molecule has 0 aromatic heterocycles. The minimum atomic E-state index is -1.05. The van der Waals surface area contributed by atoms with Gasteiger partial charge in [-0.2, -0.15) is 0 Å². The summed E-state index contributed by atoms with van der Waals surface area (Å²) in [6.07, 6.45) is 0. The number of nitrogens with zero attached hydrogens (tertiary/aromatic N) is 1. The van der Waals surface area contributed by atoms with Crippen LogP contribution in [0, 0.1) is 10.1 Å². The zero-order valence-electron chi connectivity index (χ0n) is 19.7. The molecular weight excluding hydrogens is 506 g/mol. The molecule has 0 aliphatic rings. The predicted molar refractivity (Wildman–Crippen MR) is 145 cm³/mol. The van der Waals surface area contributed by atoms with Crippen LogP contribution in [0.5, 0.6) is 0 Å². The van der Waals surface area contributed by atoms with Gasteiger partial charge in [0, 0.05) is 34.0 Å². The fraction of sp³-hybridized carbons (Fsp3) is 0.0357. The largest absolute Gasteiger partial charge is 0.478 e. The van der Waals surface area contributed by atoms with Crippen molar-refractivity contribution in [3.05, 3.63) is 130 Å². The highest BCUT2D eigenvalue weighted by molar-refractivity contribution is 8.00. The third-order valence-electron chi connectivity index (χ3n) is 5.43. The van der Waals surface area contributed by atoms with Crippen molar-refractivity contribution in [2.45, 2.75) is 10.1 Å². The van der Waals surface area contributed by atoms with Crippen molar-refractivity contribution in [2.24, 2.45) is 0 Å². The number of carbonyl (C=O) groups excluding carboxylic acids is 2. The van der Waals surface area contributed by atoms with E-state index in [4.69, 9.17) is 5.11 Å². The van der Waals surface area contributed by atoms with E-state index in [2.05, 4.69) is 10.6 Å². The number of nitrogens with one attached hydrogen (secondary N) is 2. The van der Waals surface area contributed by atoms with E-state index in [1.807, 2.05) is 36.4 Å². The Morgan fingerprint density at radius 3 is 2.05 bits per heavy atom. The highest BCUT2D eigenvalue weighted by Crippen LogP contribution is 2.37. The quantitative estimate of drug-likeness (QED) is 0.137. The van der Waals surface area contributed by atoms with Gasteiger partial charge in [-0.15, -0.1) is 11.8 Å². The summed E-state index contributed by atoms with van der Waals surface area (Å²) in [4.78, 5) is 48.1. The third kappa shape index (κ3) is 6.62. The number of carbonyl (C=O) groups is 3. The summed E-state index contributed by atoms with van der Waals surface area (Å²) in [6, 6.07) is 27.4. The lowest BCUT2D eigenvalue weighted by Crippen LogP contribution is -2.19. The number of hydrogen-bond acceptors (Lipinski definition) is 6. The molecule has 4 rings (SSSR count). The van der Waals surface area contributed by atoms with Gasteiger partial charge in [0.05, 0.1) is 10.5 Å². The Morgan fingerprint density at radius 1 is 0.763 bits per heavy atom. The van der Waals surface area contributed by atoms with E-state index in [1.165, 1.54) is 60.3 Å². The highest BCUT2D eigenvalue weighted by atomic mass is 32.2. The fourth-order valence-electron chi connectivity index (χ4n) is 3.53. The van der Waals surface area contributed by atoms with Crippen LogP contribution < -0.4 is 10.6 Å². The van der Waals surface area contributed by atoms with Crippen LogP contribution in [0.2, 0.25) is 0 Å². The average Bonchev–Trinajstić information content (AvgIpc) is 2.92. The Balaban J connectivity index is 1.51. The first kappa shape index (κ1) is 26.1. The minimum Gasteiger partial charge on any atom is -0.478 e. The molecule has 2 amide bonds. The number of carboxylic acids is 1. The second-order valence-corrected chi connectivity index (χ2v) is 9.24. The van der Waals surface area contributed by atoms with Crippen molar-refractivity contribution in [3.63, 3.8) is 0 Å². The van der Waals surface area contributed by atoms with E-state index in [1.54, 1.807) is 18.2 Å². The molecule has 0 aliphatic heterocycles. The maximum absolute atomic E-state index is 13.3. The Bertz CT molecular complexity index is 1470. The Kier molecular flexibility index (Phi) is 8.14. The van der Waals surface area contributed by atoms with E-state index in [0.29, 0.717) is 11.4 Å². The number of amides is 2. The molecular formula is C28H21N3O6S. The zero-order chi connectivity index (χ0) is 27.1. The number of anilines is 2. The lowest BCUT2D eigenvalue weighted by Gasteiger charge is -2.18. The molecule has 4 aromatic carbocycles. The number of non-ortho nitro benzene ring substituents is 1. The van der Waals surface area contributed by atoms with Crippen molar-refractivity contribution in [1.29, 1.82) is 0 Å². The molecule has 0 bridgehead atoms. The van der Waals surface area contributed by atoms with E-state index < -0.39 is 22.0 Å². The minimum absolute atomic E-state index is 0.108. The van der Waals surface area contributed by atoms with E-state index in [-0.39, 0.29) is 22.7 Å². The maximum atomic E-state index is 13.3. The summed E-state index contributed by atoms with van der Waals surface area (Å²) < 4.78 is 0. The monoisotopic (exact) mass is 527 g/mol. The van der Waals surface area contributed by atoms with Gasteiger partial charge in [-0.25, -0.2) is 4.79 Å². The Hall–Kier alpha value is -4.96. The third-order valence-corrected chi connectivity index (χ3v) is 6.67. The molecule has 10 heteroatoms. The average molecular weight is 528 g/mol. The molecule has 1 unspecified atom stereocenters. The van der Waals surface area contributed by atoms with Crippen molar-refractivity contribution in [1.82, 2.24) is 0 Å². The molecule has 0 saturated carbocycles. The summed E-state index contributed by atoms with van der Waals surface area (Å²) in [6.45, 7) is 0. The molecule has 1 atom stereocenters. The van der Waals surface area contributed by atoms with Crippen molar-refractivity contribution >= 4 is 46.6 Å². The van der Waals surface area contributed by atoms with Gasteiger partial charge >= 0.3 is 5.97 Å². The second-order valence-electron chi connectivity index (χ2n) is 8.07. The number of thioether (sulfide) groups is 1. The summed E-state index contributed by atoms with van der Waals surface area (Å²) >= 11 is 1.29. The Labute approximate surface area is 221 Å². The van der Waals surface area contributed by atoms with Crippen LogP contribution in [0.25, 0.3) is 0 Å². The van der Waals surface area contributed by atoms with Gasteiger partial charge in [0.2, 0.25) is 5.91 Å². The van der Waals surface area contributed by atoms with Crippen LogP contribution in [0.15, 0.2) is 108 Å². The number of nitro benzene ring substituents is 1. The molecule has 190 valence electrons. The first-order valence-electron chi connectivity index (χ1n) is 11.3. The van der Waals surface area contributed by atoms with Crippen LogP contribution in [-0.2, 0) is 4.79 Å². The van der Waals surface area contributed by atoms with Crippen LogP contribution >= 0.6 is 11.8 Å². The normalized spacial score (nSPS) is 11.3. The number of rotatable bonds is 9. The molecule has 0 aliphatic carbocycles. The van der Waals surface area contributed by atoms with Crippen LogP contribution in [-0.4, -0.2) is 27.8 Å². The number of benzene rings is 4.